The molecule has 3 N–H and O–H groups in total. The number of phenols is 3. The zero-order valence-electron chi connectivity index (χ0n) is 15.1. The standard InChI is InChI=1S/C21H24O4/c1-5-21(4)12(2)13(3)25-20-11-19(24)15(9-17(20)21)8-14-6-7-16(22)10-18(14)23/h6-7,9-11,22-24H,5,8H2,1-4H3. The Morgan fingerprint density at radius 3 is 2.28 bits per heavy atom. The molecule has 0 fully saturated rings. The van der Waals surface area contributed by atoms with Gasteiger partial charge in [0, 0.05) is 29.5 Å². The molecule has 132 valence electrons. The highest BCUT2D eigenvalue weighted by atomic mass is 16.5. The first-order valence-electron chi connectivity index (χ1n) is 8.49. The van der Waals surface area contributed by atoms with Crippen LogP contribution in [0.5, 0.6) is 23.0 Å². The fraction of sp³-hybridized carbons (Fsp3) is 0.333. The predicted molar refractivity (Wildman–Crippen MR) is 97.3 cm³/mol. The van der Waals surface area contributed by atoms with Gasteiger partial charge in [-0.15, -0.1) is 0 Å². The smallest absolute Gasteiger partial charge is 0.134 e. The van der Waals surface area contributed by atoms with Crippen molar-refractivity contribution in [1.29, 1.82) is 0 Å². The largest absolute Gasteiger partial charge is 0.508 e. The Morgan fingerprint density at radius 1 is 0.960 bits per heavy atom. The fourth-order valence-corrected chi connectivity index (χ4v) is 3.47. The zero-order valence-corrected chi connectivity index (χ0v) is 15.1. The second kappa shape index (κ2) is 6.03. The van der Waals surface area contributed by atoms with E-state index < -0.39 is 0 Å². The first-order valence-corrected chi connectivity index (χ1v) is 8.49. The highest BCUT2D eigenvalue weighted by molar-refractivity contribution is 5.56. The van der Waals surface area contributed by atoms with Crippen LogP contribution in [0.1, 0.15) is 50.8 Å². The van der Waals surface area contributed by atoms with Gasteiger partial charge < -0.3 is 20.1 Å². The summed E-state index contributed by atoms with van der Waals surface area (Å²) in [4.78, 5) is 0. The van der Waals surface area contributed by atoms with E-state index in [0.29, 0.717) is 17.7 Å². The Kier molecular flexibility index (Phi) is 4.15. The van der Waals surface area contributed by atoms with Gasteiger partial charge in [-0.3, -0.25) is 0 Å². The van der Waals surface area contributed by atoms with Gasteiger partial charge in [-0.2, -0.15) is 0 Å². The molecule has 1 unspecified atom stereocenters. The van der Waals surface area contributed by atoms with E-state index in [-0.39, 0.29) is 22.7 Å². The molecular formula is C21H24O4. The molecule has 3 rings (SSSR count). The van der Waals surface area contributed by atoms with Gasteiger partial charge in [0.15, 0.2) is 0 Å². The molecule has 0 spiro atoms. The van der Waals surface area contributed by atoms with Gasteiger partial charge in [0.25, 0.3) is 0 Å². The number of aromatic hydroxyl groups is 3. The van der Waals surface area contributed by atoms with Crippen molar-refractivity contribution < 1.29 is 20.1 Å². The third-order valence-electron chi connectivity index (χ3n) is 5.55. The SMILES string of the molecule is CCC1(C)C(C)=C(C)Oc2cc(O)c(Cc3ccc(O)cc3O)cc21. The maximum atomic E-state index is 10.4. The molecular weight excluding hydrogens is 316 g/mol. The number of hydrogen-bond acceptors (Lipinski definition) is 4. The summed E-state index contributed by atoms with van der Waals surface area (Å²) >= 11 is 0. The molecule has 1 atom stereocenters. The number of ether oxygens (including phenoxy) is 1. The van der Waals surface area contributed by atoms with Gasteiger partial charge >= 0.3 is 0 Å². The van der Waals surface area contributed by atoms with E-state index >= 15 is 0 Å². The maximum absolute atomic E-state index is 10.4. The van der Waals surface area contributed by atoms with Gasteiger partial charge in [-0.1, -0.05) is 19.9 Å². The van der Waals surface area contributed by atoms with Gasteiger partial charge in [0.05, 0.1) is 0 Å². The van der Waals surface area contributed by atoms with Crippen molar-refractivity contribution in [2.24, 2.45) is 0 Å². The first kappa shape index (κ1) is 17.2. The van der Waals surface area contributed by atoms with Crippen LogP contribution in [-0.4, -0.2) is 15.3 Å². The molecule has 0 amide bonds. The minimum atomic E-state index is -0.156. The second-order valence-electron chi connectivity index (χ2n) is 6.94. The van der Waals surface area contributed by atoms with E-state index in [2.05, 4.69) is 20.8 Å². The molecule has 0 aliphatic carbocycles. The first-order chi connectivity index (χ1) is 11.8. The van der Waals surface area contributed by atoms with Crippen molar-refractivity contribution in [2.75, 3.05) is 0 Å². The number of rotatable bonds is 3. The van der Waals surface area contributed by atoms with Crippen LogP contribution in [0.4, 0.5) is 0 Å². The molecule has 2 aromatic carbocycles. The Bertz CT molecular complexity index is 866. The lowest BCUT2D eigenvalue weighted by atomic mass is 9.72. The summed E-state index contributed by atoms with van der Waals surface area (Å²) < 4.78 is 5.90. The average Bonchev–Trinajstić information content (AvgIpc) is 2.56. The van der Waals surface area contributed by atoms with Gasteiger partial charge in [-0.25, -0.2) is 0 Å². The van der Waals surface area contributed by atoms with E-state index in [1.54, 1.807) is 12.1 Å². The summed E-state index contributed by atoms with van der Waals surface area (Å²) in [6.07, 6.45) is 1.29. The Morgan fingerprint density at radius 2 is 1.64 bits per heavy atom. The quantitative estimate of drug-likeness (QED) is 0.754. The molecule has 4 heteroatoms. The van der Waals surface area contributed by atoms with Crippen molar-refractivity contribution >= 4 is 0 Å². The monoisotopic (exact) mass is 340 g/mol. The van der Waals surface area contributed by atoms with Gasteiger partial charge in [0.2, 0.25) is 0 Å². The normalized spacial score (nSPS) is 19.5. The maximum Gasteiger partial charge on any atom is 0.134 e. The van der Waals surface area contributed by atoms with Crippen molar-refractivity contribution in [2.45, 2.75) is 46.0 Å². The van der Waals surface area contributed by atoms with Crippen LogP contribution in [-0.2, 0) is 11.8 Å². The average molecular weight is 340 g/mol. The van der Waals surface area contributed by atoms with Crippen molar-refractivity contribution in [3.63, 3.8) is 0 Å². The van der Waals surface area contributed by atoms with Crippen LogP contribution in [0.25, 0.3) is 0 Å². The number of phenolic OH excluding ortho intramolecular Hbond substituents is 3. The van der Waals surface area contributed by atoms with E-state index in [1.165, 1.54) is 17.7 Å². The van der Waals surface area contributed by atoms with Crippen LogP contribution in [0.3, 0.4) is 0 Å². The van der Waals surface area contributed by atoms with E-state index in [4.69, 9.17) is 4.74 Å². The van der Waals surface area contributed by atoms with Crippen molar-refractivity contribution in [3.05, 3.63) is 58.4 Å². The summed E-state index contributed by atoms with van der Waals surface area (Å²) in [5.74, 6) is 1.72. The summed E-state index contributed by atoms with van der Waals surface area (Å²) in [7, 11) is 0. The van der Waals surface area contributed by atoms with E-state index in [9.17, 15) is 15.3 Å². The van der Waals surface area contributed by atoms with E-state index in [0.717, 1.165) is 23.3 Å². The van der Waals surface area contributed by atoms with Crippen molar-refractivity contribution in [1.82, 2.24) is 0 Å². The fourth-order valence-electron chi connectivity index (χ4n) is 3.47. The molecule has 0 bridgehead atoms. The van der Waals surface area contributed by atoms with E-state index in [1.807, 2.05) is 13.0 Å². The molecule has 0 aromatic heterocycles. The molecule has 1 aliphatic heterocycles. The third-order valence-corrected chi connectivity index (χ3v) is 5.55. The van der Waals surface area contributed by atoms with Gasteiger partial charge in [0.1, 0.15) is 28.8 Å². The molecule has 0 saturated carbocycles. The number of allylic oxidation sites excluding steroid dienone is 2. The molecule has 4 nitrogen and oxygen atoms in total. The lowest BCUT2D eigenvalue weighted by molar-refractivity contribution is 0.351. The lowest BCUT2D eigenvalue weighted by Crippen LogP contribution is -2.29. The summed E-state index contributed by atoms with van der Waals surface area (Å²) in [6.45, 7) is 8.36. The van der Waals surface area contributed by atoms with Crippen LogP contribution in [0, 0.1) is 0 Å². The molecule has 1 aliphatic rings. The number of hydrogen-bond donors (Lipinski definition) is 3. The van der Waals surface area contributed by atoms with Crippen molar-refractivity contribution in [3.8, 4) is 23.0 Å². The van der Waals surface area contributed by atoms with Crippen LogP contribution >= 0.6 is 0 Å². The van der Waals surface area contributed by atoms with Crippen LogP contribution in [0.15, 0.2) is 41.7 Å². The Balaban J connectivity index is 2.08. The predicted octanol–water partition coefficient (Wildman–Crippen LogP) is 4.75. The Hall–Kier alpha value is -2.62. The van der Waals surface area contributed by atoms with Crippen LogP contribution in [0.2, 0.25) is 0 Å². The van der Waals surface area contributed by atoms with Gasteiger partial charge in [-0.05, 0) is 49.1 Å². The van der Waals surface area contributed by atoms with Crippen LogP contribution < -0.4 is 4.74 Å². The molecule has 0 saturated heterocycles. The summed E-state index contributed by atoms with van der Waals surface area (Å²) in [6, 6.07) is 8.12. The highest BCUT2D eigenvalue weighted by Gasteiger charge is 2.36. The minimum Gasteiger partial charge on any atom is -0.508 e. The third kappa shape index (κ3) is 2.82. The molecule has 1 heterocycles. The summed E-state index contributed by atoms with van der Waals surface area (Å²) in [5.41, 5.74) is 3.44. The Labute approximate surface area is 148 Å². The molecule has 0 radical (unpaired) electrons. The zero-order chi connectivity index (χ0) is 18.4. The minimum absolute atomic E-state index is 0.0125. The molecule has 2 aromatic rings. The highest BCUT2D eigenvalue weighted by Crippen LogP contribution is 2.48. The topological polar surface area (TPSA) is 69.9 Å². The lowest BCUT2D eigenvalue weighted by Gasteiger charge is -2.37. The summed E-state index contributed by atoms with van der Waals surface area (Å²) in [5, 5.41) is 29.9. The molecule has 25 heavy (non-hydrogen) atoms. The number of fused-ring (bicyclic) bond motifs is 1. The second-order valence-corrected chi connectivity index (χ2v) is 6.94. The number of benzene rings is 2.